The summed E-state index contributed by atoms with van der Waals surface area (Å²) in [5.74, 6) is 1.50. The summed E-state index contributed by atoms with van der Waals surface area (Å²) in [6.07, 6.45) is 4.18. The van der Waals surface area contributed by atoms with Crippen molar-refractivity contribution in [2.24, 2.45) is 11.8 Å². The Hall–Kier alpha value is -0.610. The third kappa shape index (κ3) is 3.01. The van der Waals surface area contributed by atoms with Gasteiger partial charge in [0.2, 0.25) is 0 Å². The highest BCUT2D eigenvalue weighted by Crippen LogP contribution is 2.36. The first-order valence-electron chi connectivity index (χ1n) is 8.10. The number of likely N-dealkylation sites (tertiary alicyclic amines) is 1. The van der Waals surface area contributed by atoms with Gasteiger partial charge in [-0.3, -0.25) is 4.79 Å². The summed E-state index contributed by atoms with van der Waals surface area (Å²) in [7, 11) is 1.50. The van der Waals surface area contributed by atoms with Crippen LogP contribution in [0.25, 0.3) is 0 Å². The minimum atomic E-state index is -0.444. The average Bonchev–Trinajstić information content (AvgIpc) is 2.87. The molecule has 2 aliphatic rings. The number of rotatable bonds is 4. The van der Waals surface area contributed by atoms with Gasteiger partial charge in [-0.15, -0.1) is 0 Å². The number of nitrogens with zero attached hydrogens (tertiary/aromatic N) is 1. The molecule has 0 aromatic heterocycles. The Morgan fingerprint density at radius 3 is 2.70 bits per heavy atom. The van der Waals surface area contributed by atoms with Crippen molar-refractivity contribution in [3.8, 4) is 0 Å². The topological polar surface area (TPSA) is 41.6 Å². The van der Waals surface area contributed by atoms with Gasteiger partial charge in [0.05, 0.1) is 7.11 Å². The zero-order valence-corrected chi connectivity index (χ0v) is 13.4. The molecular weight excluding hydrogens is 252 g/mol. The Morgan fingerprint density at radius 1 is 1.35 bits per heavy atom. The fourth-order valence-corrected chi connectivity index (χ4v) is 3.91. The van der Waals surface area contributed by atoms with Crippen LogP contribution in [0, 0.1) is 11.8 Å². The Bertz CT molecular complexity index is 347. The van der Waals surface area contributed by atoms with Crippen LogP contribution in [0.2, 0.25) is 0 Å². The number of nitrogens with one attached hydrogen (secondary N) is 1. The number of carbonyl (C=O) groups is 1. The van der Waals surface area contributed by atoms with Crippen molar-refractivity contribution in [1.29, 1.82) is 0 Å². The summed E-state index contributed by atoms with van der Waals surface area (Å²) in [5.41, 5.74) is -0.444. The molecule has 1 aliphatic carbocycles. The van der Waals surface area contributed by atoms with E-state index in [-0.39, 0.29) is 5.97 Å². The largest absolute Gasteiger partial charge is 0.468 e. The molecule has 2 fully saturated rings. The van der Waals surface area contributed by atoms with Gasteiger partial charge in [-0.05, 0) is 50.6 Å². The quantitative estimate of drug-likeness (QED) is 0.801. The summed E-state index contributed by atoms with van der Waals surface area (Å²) in [6, 6.07) is 0.531. The first-order chi connectivity index (χ1) is 9.52. The molecule has 4 nitrogen and oxygen atoms in total. The molecule has 20 heavy (non-hydrogen) atoms. The fourth-order valence-electron chi connectivity index (χ4n) is 3.91. The number of ether oxygens (including phenoxy) is 1. The Balaban J connectivity index is 2.01. The van der Waals surface area contributed by atoms with Crippen molar-refractivity contribution in [3.05, 3.63) is 0 Å². The summed E-state index contributed by atoms with van der Waals surface area (Å²) < 4.78 is 5.04. The van der Waals surface area contributed by atoms with E-state index in [1.807, 2.05) is 0 Å². The molecule has 4 unspecified atom stereocenters. The van der Waals surface area contributed by atoms with E-state index in [4.69, 9.17) is 4.74 Å². The summed E-state index contributed by atoms with van der Waals surface area (Å²) in [4.78, 5) is 14.8. The maximum absolute atomic E-state index is 12.2. The van der Waals surface area contributed by atoms with Gasteiger partial charge in [-0.25, -0.2) is 0 Å². The van der Waals surface area contributed by atoms with Crippen molar-refractivity contribution >= 4 is 5.97 Å². The molecule has 0 bridgehead atoms. The van der Waals surface area contributed by atoms with Crippen LogP contribution in [-0.4, -0.2) is 49.2 Å². The maximum atomic E-state index is 12.2. The highest BCUT2D eigenvalue weighted by atomic mass is 16.5. The highest BCUT2D eigenvalue weighted by molar-refractivity contribution is 5.81. The van der Waals surface area contributed by atoms with Crippen LogP contribution in [0.3, 0.4) is 0 Å². The van der Waals surface area contributed by atoms with Gasteiger partial charge >= 0.3 is 5.97 Å². The molecule has 0 amide bonds. The zero-order valence-electron chi connectivity index (χ0n) is 13.4. The molecule has 1 saturated heterocycles. The highest BCUT2D eigenvalue weighted by Gasteiger charge is 2.47. The average molecular weight is 282 g/mol. The number of hydrogen-bond donors (Lipinski definition) is 1. The molecule has 4 atom stereocenters. The second-order valence-electron chi connectivity index (χ2n) is 6.74. The predicted octanol–water partition coefficient (Wildman–Crippen LogP) is 2.04. The standard InChI is InChI=1S/C16H30N2O2/c1-5-17-16(15(19)20-4)8-6-14(10-16)18-9-7-12(2)13(3)11-18/h12-14,17H,5-11H2,1-4H3. The van der Waals surface area contributed by atoms with E-state index in [1.54, 1.807) is 0 Å². The van der Waals surface area contributed by atoms with Crippen molar-refractivity contribution in [3.63, 3.8) is 0 Å². The number of piperidine rings is 1. The van der Waals surface area contributed by atoms with Gasteiger partial charge in [0.1, 0.15) is 5.54 Å². The van der Waals surface area contributed by atoms with Crippen LogP contribution in [0.1, 0.15) is 46.5 Å². The summed E-state index contributed by atoms with van der Waals surface area (Å²) in [6.45, 7) is 9.93. The molecule has 2 rings (SSSR count). The second kappa shape index (κ2) is 6.44. The Labute approximate surface area is 123 Å². The zero-order chi connectivity index (χ0) is 14.8. The molecule has 1 heterocycles. The van der Waals surface area contributed by atoms with Crippen LogP contribution in [0.5, 0.6) is 0 Å². The third-order valence-electron chi connectivity index (χ3n) is 5.46. The number of methoxy groups -OCH3 is 1. The van der Waals surface area contributed by atoms with E-state index in [1.165, 1.54) is 26.6 Å². The molecule has 4 heteroatoms. The molecule has 0 radical (unpaired) electrons. The van der Waals surface area contributed by atoms with Gasteiger partial charge in [0.15, 0.2) is 0 Å². The van der Waals surface area contributed by atoms with Crippen LogP contribution in [0.15, 0.2) is 0 Å². The summed E-state index contributed by atoms with van der Waals surface area (Å²) >= 11 is 0. The number of esters is 1. The Kier molecular flexibility index (Phi) is 5.08. The third-order valence-corrected chi connectivity index (χ3v) is 5.46. The minimum Gasteiger partial charge on any atom is -0.468 e. The molecule has 0 aromatic carbocycles. The predicted molar refractivity (Wildman–Crippen MR) is 80.6 cm³/mol. The SMILES string of the molecule is CCNC1(C(=O)OC)CCC(N2CCC(C)C(C)C2)C1. The van der Waals surface area contributed by atoms with Gasteiger partial charge in [-0.1, -0.05) is 20.8 Å². The monoisotopic (exact) mass is 282 g/mol. The van der Waals surface area contributed by atoms with Crippen LogP contribution in [0.4, 0.5) is 0 Å². The lowest BCUT2D eigenvalue weighted by molar-refractivity contribution is -0.148. The second-order valence-corrected chi connectivity index (χ2v) is 6.74. The molecule has 0 aromatic rings. The van der Waals surface area contributed by atoms with Crippen molar-refractivity contribution in [2.75, 3.05) is 26.7 Å². The van der Waals surface area contributed by atoms with E-state index in [0.29, 0.717) is 6.04 Å². The van der Waals surface area contributed by atoms with Crippen molar-refractivity contribution < 1.29 is 9.53 Å². The van der Waals surface area contributed by atoms with Gasteiger partial charge < -0.3 is 15.0 Å². The number of likely N-dealkylation sites (N-methyl/N-ethyl adjacent to an activating group) is 1. The van der Waals surface area contributed by atoms with E-state index in [0.717, 1.165) is 37.6 Å². The molecular formula is C16H30N2O2. The maximum Gasteiger partial charge on any atom is 0.326 e. The van der Waals surface area contributed by atoms with E-state index >= 15 is 0 Å². The first-order valence-corrected chi connectivity index (χ1v) is 8.10. The molecule has 1 saturated carbocycles. The summed E-state index contributed by atoms with van der Waals surface area (Å²) in [5, 5.41) is 3.40. The van der Waals surface area contributed by atoms with Gasteiger partial charge in [-0.2, -0.15) is 0 Å². The molecule has 1 aliphatic heterocycles. The van der Waals surface area contributed by atoms with Crippen molar-refractivity contribution in [1.82, 2.24) is 10.2 Å². The number of hydrogen-bond acceptors (Lipinski definition) is 4. The molecule has 0 spiro atoms. The van der Waals surface area contributed by atoms with E-state index < -0.39 is 5.54 Å². The van der Waals surface area contributed by atoms with Crippen LogP contribution < -0.4 is 5.32 Å². The fraction of sp³-hybridized carbons (Fsp3) is 0.938. The molecule has 1 N–H and O–H groups in total. The van der Waals surface area contributed by atoms with E-state index in [2.05, 4.69) is 31.0 Å². The molecule has 116 valence electrons. The van der Waals surface area contributed by atoms with Gasteiger partial charge in [0.25, 0.3) is 0 Å². The van der Waals surface area contributed by atoms with E-state index in [9.17, 15) is 4.79 Å². The normalized spacial score (nSPS) is 38.9. The van der Waals surface area contributed by atoms with Crippen LogP contribution in [-0.2, 0) is 9.53 Å². The van der Waals surface area contributed by atoms with Gasteiger partial charge in [0, 0.05) is 12.6 Å². The smallest absolute Gasteiger partial charge is 0.326 e. The number of carbonyl (C=O) groups excluding carboxylic acids is 1. The first kappa shape index (κ1) is 15.8. The minimum absolute atomic E-state index is 0.0831. The van der Waals surface area contributed by atoms with Crippen molar-refractivity contribution in [2.45, 2.75) is 58.0 Å². The lowest BCUT2D eigenvalue weighted by atomic mass is 9.87. The lowest BCUT2D eigenvalue weighted by Crippen LogP contribution is -2.52. The lowest BCUT2D eigenvalue weighted by Gasteiger charge is -2.39. The van der Waals surface area contributed by atoms with Crippen LogP contribution >= 0.6 is 0 Å². The Morgan fingerprint density at radius 2 is 2.10 bits per heavy atom.